The molecule has 0 unspecified atom stereocenters. The molecule has 0 fully saturated rings. The van der Waals surface area contributed by atoms with E-state index in [1.165, 1.54) is 4.31 Å². The molecule has 5 nitrogen and oxygen atoms in total. The molecule has 2 atom stereocenters. The van der Waals surface area contributed by atoms with Crippen molar-refractivity contribution in [3.63, 3.8) is 0 Å². The molecule has 0 spiro atoms. The van der Waals surface area contributed by atoms with E-state index in [0.717, 1.165) is 17.5 Å². The predicted molar refractivity (Wildman–Crippen MR) is 73.9 cm³/mol. The second-order valence-electron chi connectivity index (χ2n) is 4.89. The van der Waals surface area contributed by atoms with Crippen LogP contribution < -0.4 is 4.72 Å². The van der Waals surface area contributed by atoms with Crippen molar-refractivity contribution in [1.82, 2.24) is 9.03 Å². The van der Waals surface area contributed by atoms with Gasteiger partial charge in [-0.15, -0.1) is 0 Å². The van der Waals surface area contributed by atoms with Gasteiger partial charge in [0.15, 0.2) is 0 Å². The molecule has 1 aliphatic rings. The third-order valence-corrected chi connectivity index (χ3v) is 4.98. The van der Waals surface area contributed by atoms with E-state index in [1.807, 2.05) is 31.2 Å². The van der Waals surface area contributed by atoms with Crippen LogP contribution in [0.2, 0.25) is 0 Å². The highest BCUT2D eigenvalue weighted by Crippen LogP contribution is 2.31. The smallest absolute Gasteiger partial charge is 0.279 e. The first-order valence-corrected chi connectivity index (χ1v) is 7.89. The van der Waals surface area contributed by atoms with E-state index < -0.39 is 22.4 Å². The fraction of sp³-hybridized carbons (Fsp3) is 0.538. The number of nitrogens with zero attached hydrogens (tertiary/aromatic N) is 1. The summed E-state index contributed by atoms with van der Waals surface area (Å²) in [7, 11) is -2.02. The normalized spacial score (nSPS) is 22.7. The van der Waals surface area contributed by atoms with Gasteiger partial charge in [-0.2, -0.15) is 17.4 Å². The summed E-state index contributed by atoms with van der Waals surface area (Å²) in [5, 5.41) is 10.0. The van der Waals surface area contributed by atoms with Crippen LogP contribution in [-0.4, -0.2) is 37.5 Å². The minimum Gasteiger partial charge on any atom is -0.391 e. The van der Waals surface area contributed by atoms with E-state index in [0.29, 0.717) is 13.0 Å². The fourth-order valence-corrected chi connectivity index (χ4v) is 3.61. The molecule has 2 rings (SSSR count). The molecule has 1 aromatic rings. The van der Waals surface area contributed by atoms with Gasteiger partial charge in [-0.05, 0) is 17.5 Å². The topological polar surface area (TPSA) is 69.6 Å². The zero-order valence-corrected chi connectivity index (χ0v) is 12.0. The first-order chi connectivity index (χ1) is 8.95. The lowest BCUT2D eigenvalue weighted by molar-refractivity contribution is 0.150. The highest BCUT2D eigenvalue weighted by atomic mass is 32.2. The summed E-state index contributed by atoms with van der Waals surface area (Å²) >= 11 is 0. The number of nitrogens with one attached hydrogen (secondary N) is 1. The summed E-state index contributed by atoms with van der Waals surface area (Å²) in [6.45, 7) is 2.38. The molecule has 0 saturated heterocycles. The lowest BCUT2D eigenvalue weighted by atomic mass is 10.1. The van der Waals surface area contributed by atoms with Gasteiger partial charge in [0.1, 0.15) is 0 Å². The van der Waals surface area contributed by atoms with Crippen LogP contribution in [0.1, 0.15) is 30.5 Å². The predicted octanol–water partition coefficient (Wildman–Crippen LogP) is 0.821. The maximum atomic E-state index is 12.1. The zero-order valence-electron chi connectivity index (χ0n) is 11.2. The molecule has 1 aliphatic carbocycles. The highest BCUT2D eigenvalue weighted by molar-refractivity contribution is 7.87. The Kier molecular flexibility index (Phi) is 4.25. The number of hydrogen-bond acceptors (Lipinski definition) is 3. The Balaban J connectivity index is 2.20. The Hall–Kier alpha value is -0.950. The minimum atomic E-state index is -3.56. The van der Waals surface area contributed by atoms with E-state index in [1.54, 1.807) is 7.05 Å². The summed E-state index contributed by atoms with van der Waals surface area (Å²) in [6, 6.07) is 6.97. The first kappa shape index (κ1) is 14.5. The summed E-state index contributed by atoms with van der Waals surface area (Å²) in [4.78, 5) is 0. The van der Waals surface area contributed by atoms with Crippen LogP contribution in [0, 0.1) is 0 Å². The van der Waals surface area contributed by atoms with Crippen molar-refractivity contribution in [3.05, 3.63) is 35.4 Å². The van der Waals surface area contributed by atoms with Crippen LogP contribution in [0.15, 0.2) is 24.3 Å². The van der Waals surface area contributed by atoms with Gasteiger partial charge in [-0.1, -0.05) is 31.2 Å². The maximum absolute atomic E-state index is 12.1. The summed E-state index contributed by atoms with van der Waals surface area (Å²) in [6.07, 6.45) is 0.532. The van der Waals surface area contributed by atoms with Crippen molar-refractivity contribution in [1.29, 1.82) is 0 Å². The van der Waals surface area contributed by atoms with Crippen LogP contribution in [-0.2, 0) is 16.6 Å². The van der Waals surface area contributed by atoms with Gasteiger partial charge in [0, 0.05) is 20.0 Å². The van der Waals surface area contributed by atoms with Gasteiger partial charge in [-0.25, -0.2) is 0 Å². The molecule has 0 bridgehead atoms. The number of benzene rings is 1. The Morgan fingerprint density at radius 2 is 2.11 bits per heavy atom. The summed E-state index contributed by atoms with van der Waals surface area (Å²) in [5.74, 6) is 0. The van der Waals surface area contributed by atoms with Crippen LogP contribution >= 0.6 is 0 Å². The fourth-order valence-electron chi connectivity index (χ4n) is 2.40. The Bertz CT molecular complexity index is 545. The van der Waals surface area contributed by atoms with Crippen molar-refractivity contribution in [3.8, 4) is 0 Å². The maximum Gasteiger partial charge on any atom is 0.279 e. The monoisotopic (exact) mass is 284 g/mol. The van der Waals surface area contributed by atoms with Gasteiger partial charge < -0.3 is 5.11 Å². The molecule has 19 heavy (non-hydrogen) atoms. The van der Waals surface area contributed by atoms with Crippen LogP contribution in [0.25, 0.3) is 0 Å². The van der Waals surface area contributed by atoms with E-state index in [4.69, 9.17) is 0 Å². The number of rotatable bonds is 5. The van der Waals surface area contributed by atoms with Gasteiger partial charge >= 0.3 is 0 Å². The average Bonchev–Trinajstić information content (AvgIpc) is 2.66. The molecule has 6 heteroatoms. The molecule has 1 aromatic carbocycles. The number of aliphatic hydroxyl groups excluding tert-OH is 1. The molecule has 0 saturated carbocycles. The SMILES string of the molecule is CCCN(C)S(=O)(=O)N[C@@H]1c2ccccc2C[C@H]1O. The van der Waals surface area contributed by atoms with Crippen molar-refractivity contribution in [2.45, 2.75) is 31.9 Å². The summed E-state index contributed by atoms with van der Waals surface area (Å²) in [5.41, 5.74) is 1.87. The number of aliphatic hydroxyl groups is 1. The summed E-state index contributed by atoms with van der Waals surface area (Å²) < 4.78 is 28.1. The van der Waals surface area contributed by atoms with Crippen molar-refractivity contribution >= 4 is 10.2 Å². The lowest BCUT2D eigenvalue weighted by Crippen LogP contribution is -2.42. The van der Waals surface area contributed by atoms with E-state index in [-0.39, 0.29) is 0 Å². The molecule has 0 radical (unpaired) electrons. The molecular weight excluding hydrogens is 264 g/mol. The van der Waals surface area contributed by atoms with E-state index in [9.17, 15) is 13.5 Å². The molecule has 0 aromatic heterocycles. The van der Waals surface area contributed by atoms with Gasteiger partial charge in [0.05, 0.1) is 12.1 Å². The van der Waals surface area contributed by atoms with Crippen molar-refractivity contribution in [2.24, 2.45) is 0 Å². The molecule has 0 heterocycles. The van der Waals surface area contributed by atoms with Crippen LogP contribution in [0.4, 0.5) is 0 Å². The second-order valence-corrected chi connectivity index (χ2v) is 6.70. The average molecular weight is 284 g/mol. The standard InChI is InChI=1S/C13H20N2O3S/c1-3-8-15(2)19(17,18)14-13-11-7-5-4-6-10(11)9-12(13)16/h4-7,12-14,16H,3,8-9H2,1-2H3/t12-,13-/m1/s1. The van der Waals surface area contributed by atoms with E-state index in [2.05, 4.69) is 4.72 Å². The van der Waals surface area contributed by atoms with Gasteiger partial charge in [-0.3, -0.25) is 0 Å². The van der Waals surface area contributed by atoms with Crippen molar-refractivity contribution < 1.29 is 13.5 Å². The van der Waals surface area contributed by atoms with Crippen LogP contribution in [0.5, 0.6) is 0 Å². The largest absolute Gasteiger partial charge is 0.391 e. The van der Waals surface area contributed by atoms with E-state index >= 15 is 0 Å². The third kappa shape index (κ3) is 2.97. The van der Waals surface area contributed by atoms with Gasteiger partial charge in [0.2, 0.25) is 0 Å². The zero-order chi connectivity index (χ0) is 14.0. The highest BCUT2D eigenvalue weighted by Gasteiger charge is 2.34. The minimum absolute atomic E-state index is 0.458. The quantitative estimate of drug-likeness (QED) is 0.841. The second kappa shape index (κ2) is 5.58. The van der Waals surface area contributed by atoms with Crippen molar-refractivity contribution in [2.75, 3.05) is 13.6 Å². The first-order valence-electron chi connectivity index (χ1n) is 6.45. The molecule has 0 amide bonds. The number of hydrogen-bond donors (Lipinski definition) is 2. The Morgan fingerprint density at radius 1 is 1.42 bits per heavy atom. The van der Waals surface area contributed by atoms with Crippen LogP contribution in [0.3, 0.4) is 0 Å². The Morgan fingerprint density at radius 3 is 2.79 bits per heavy atom. The van der Waals surface area contributed by atoms with Gasteiger partial charge in [0.25, 0.3) is 10.2 Å². The molecule has 0 aliphatic heterocycles. The lowest BCUT2D eigenvalue weighted by Gasteiger charge is -2.22. The molecule has 106 valence electrons. The number of fused-ring (bicyclic) bond motifs is 1. The third-order valence-electron chi connectivity index (χ3n) is 3.43. The molecule has 2 N–H and O–H groups in total. The molecular formula is C13H20N2O3S. The Labute approximate surface area is 114 Å².